The summed E-state index contributed by atoms with van der Waals surface area (Å²) in [7, 11) is 0. The van der Waals surface area contributed by atoms with Crippen molar-refractivity contribution < 1.29 is 9.18 Å². The third kappa shape index (κ3) is 3.25. The molecule has 130 valence electrons. The maximum Gasteiger partial charge on any atom is 0.227 e. The molecule has 1 atom stereocenters. The lowest BCUT2D eigenvalue weighted by Crippen LogP contribution is -2.39. The minimum Gasteiger partial charge on any atom is -0.337 e. The third-order valence-electron chi connectivity index (χ3n) is 5.05. The van der Waals surface area contributed by atoms with Gasteiger partial charge < -0.3 is 4.90 Å². The summed E-state index contributed by atoms with van der Waals surface area (Å²) in [6, 6.07) is 25.0. The maximum atomic E-state index is 13.9. The summed E-state index contributed by atoms with van der Waals surface area (Å²) < 4.78 is 13.9. The minimum atomic E-state index is -0.321. The predicted octanol–water partition coefficient (Wildman–Crippen LogP) is 4.54. The smallest absolute Gasteiger partial charge is 0.227 e. The van der Waals surface area contributed by atoms with Crippen molar-refractivity contribution in [2.75, 3.05) is 6.54 Å². The Morgan fingerprint density at radius 3 is 2.42 bits per heavy atom. The molecular formula is C23H20FNO. The summed E-state index contributed by atoms with van der Waals surface area (Å²) in [6.07, 6.45) is 0.0936. The fraction of sp³-hybridized carbons (Fsp3) is 0.174. The first kappa shape index (κ1) is 16.5. The average Bonchev–Trinajstić information content (AvgIpc) is 2.69. The summed E-state index contributed by atoms with van der Waals surface area (Å²) in [5, 5.41) is 0. The molecular weight excluding hydrogens is 325 g/mol. The second-order valence-corrected chi connectivity index (χ2v) is 6.70. The van der Waals surface area contributed by atoms with E-state index >= 15 is 0 Å². The van der Waals surface area contributed by atoms with Crippen LogP contribution >= 0.6 is 0 Å². The number of benzene rings is 3. The van der Waals surface area contributed by atoms with Gasteiger partial charge in [0.15, 0.2) is 0 Å². The van der Waals surface area contributed by atoms with Crippen LogP contribution in [0.15, 0.2) is 78.9 Å². The zero-order chi connectivity index (χ0) is 17.9. The monoisotopic (exact) mass is 345 g/mol. The Labute approximate surface area is 152 Å². The molecule has 3 aromatic rings. The summed E-state index contributed by atoms with van der Waals surface area (Å²) in [5.74, 6) is -0.214. The van der Waals surface area contributed by atoms with Crippen LogP contribution in [0, 0.1) is 5.82 Å². The van der Waals surface area contributed by atoms with Crippen molar-refractivity contribution >= 4 is 5.91 Å². The van der Waals surface area contributed by atoms with Crippen molar-refractivity contribution in [3.63, 3.8) is 0 Å². The number of amides is 1. The zero-order valence-electron chi connectivity index (χ0n) is 14.4. The first-order valence-corrected chi connectivity index (χ1v) is 8.86. The summed E-state index contributed by atoms with van der Waals surface area (Å²) >= 11 is 0. The lowest BCUT2D eigenvalue weighted by molar-refractivity contribution is -0.131. The molecule has 0 spiro atoms. The Hall–Kier alpha value is -2.94. The second-order valence-electron chi connectivity index (χ2n) is 6.70. The van der Waals surface area contributed by atoms with Crippen molar-refractivity contribution in [1.29, 1.82) is 0 Å². The van der Waals surface area contributed by atoms with Crippen LogP contribution < -0.4 is 0 Å². The number of rotatable bonds is 3. The molecule has 1 aliphatic rings. The van der Waals surface area contributed by atoms with Gasteiger partial charge in [0.05, 0.1) is 6.42 Å². The Morgan fingerprint density at radius 1 is 0.923 bits per heavy atom. The number of carbonyl (C=O) groups excluding carboxylic acids is 1. The molecule has 0 aliphatic carbocycles. The highest BCUT2D eigenvalue weighted by Crippen LogP contribution is 2.33. The molecule has 3 heteroatoms. The van der Waals surface area contributed by atoms with E-state index in [0.717, 1.165) is 5.56 Å². The van der Waals surface area contributed by atoms with E-state index in [1.807, 2.05) is 35.2 Å². The molecule has 2 nitrogen and oxygen atoms in total. The van der Waals surface area contributed by atoms with E-state index in [-0.39, 0.29) is 24.1 Å². The Balaban J connectivity index is 1.63. The van der Waals surface area contributed by atoms with Gasteiger partial charge in [-0.25, -0.2) is 4.39 Å². The van der Waals surface area contributed by atoms with E-state index in [9.17, 15) is 9.18 Å². The average molecular weight is 345 g/mol. The van der Waals surface area contributed by atoms with Crippen LogP contribution in [0.25, 0.3) is 0 Å². The lowest BCUT2D eigenvalue weighted by atomic mass is 9.84. The highest BCUT2D eigenvalue weighted by atomic mass is 19.1. The molecule has 26 heavy (non-hydrogen) atoms. The molecule has 0 aromatic heterocycles. The van der Waals surface area contributed by atoms with E-state index in [2.05, 4.69) is 24.3 Å². The minimum absolute atomic E-state index is 0.0365. The van der Waals surface area contributed by atoms with Gasteiger partial charge in [-0.1, -0.05) is 72.8 Å². The van der Waals surface area contributed by atoms with Crippen LogP contribution in [0.1, 0.15) is 28.2 Å². The van der Waals surface area contributed by atoms with Gasteiger partial charge >= 0.3 is 0 Å². The molecule has 1 aliphatic heterocycles. The van der Waals surface area contributed by atoms with Crippen molar-refractivity contribution in [1.82, 2.24) is 4.90 Å². The Bertz CT molecular complexity index is 922. The van der Waals surface area contributed by atoms with E-state index in [1.54, 1.807) is 18.2 Å². The van der Waals surface area contributed by atoms with Gasteiger partial charge in [0.25, 0.3) is 0 Å². The molecule has 0 fully saturated rings. The standard InChI is InChI=1S/C23H20FNO/c24-22-13-7-5-10-18(22)14-23(26)25-15-19-11-4-6-12-20(19)21(16-25)17-8-2-1-3-9-17/h1-13,21H,14-16H2/t21-/m1/s1. The molecule has 1 heterocycles. The molecule has 0 saturated carbocycles. The van der Waals surface area contributed by atoms with Crippen LogP contribution in [0.5, 0.6) is 0 Å². The number of hydrogen-bond acceptors (Lipinski definition) is 1. The molecule has 0 radical (unpaired) electrons. The van der Waals surface area contributed by atoms with Crippen LogP contribution in [-0.4, -0.2) is 17.4 Å². The van der Waals surface area contributed by atoms with Crippen molar-refractivity contribution in [2.24, 2.45) is 0 Å². The summed E-state index contributed by atoms with van der Waals surface area (Å²) in [5.41, 5.74) is 4.08. The Kier molecular flexibility index (Phi) is 4.53. The van der Waals surface area contributed by atoms with Gasteiger partial charge in [0.2, 0.25) is 5.91 Å². The molecule has 0 saturated heterocycles. The molecule has 0 unspecified atom stereocenters. The van der Waals surface area contributed by atoms with Crippen LogP contribution in [-0.2, 0) is 17.8 Å². The topological polar surface area (TPSA) is 20.3 Å². The maximum absolute atomic E-state index is 13.9. The van der Waals surface area contributed by atoms with Crippen molar-refractivity contribution in [2.45, 2.75) is 18.9 Å². The van der Waals surface area contributed by atoms with E-state index in [0.29, 0.717) is 18.7 Å². The van der Waals surface area contributed by atoms with Gasteiger partial charge in [-0.05, 0) is 28.3 Å². The highest BCUT2D eigenvalue weighted by Gasteiger charge is 2.29. The SMILES string of the molecule is O=C(Cc1ccccc1F)N1Cc2ccccc2[C@@H](c2ccccc2)C1. The van der Waals surface area contributed by atoms with Crippen molar-refractivity contribution in [3.05, 3.63) is 107 Å². The van der Waals surface area contributed by atoms with Crippen LogP contribution in [0.2, 0.25) is 0 Å². The first-order chi connectivity index (χ1) is 12.7. The van der Waals surface area contributed by atoms with Gasteiger partial charge in [-0.3, -0.25) is 4.79 Å². The quantitative estimate of drug-likeness (QED) is 0.682. The van der Waals surface area contributed by atoms with Gasteiger partial charge in [0, 0.05) is 19.0 Å². The molecule has 1 amide bonds. The molecule has 0 bridgehead atoms. The van der Waals surface area contributed by atoms with E-state index in [1.165, 1.54) is 17.2 Å². The van der Waals surface area contributed by atoms with Crippen LogP contribution in [0.4, 0.5) is 4.39 Å². The van der Waals surface area contributed by atoms with Crippen molar-refractivity contribution in [3.8, 4) is 0 Å². The fourth-order valence-electron chi connectivity index (χ4n) is 3.68. The number of carbonyl (C=O) groups is 1. The van der Waals surface area contributed by atoms with Gasteiger partial charge in [-0.15, -0.1) is 0 Å². The van der Waals surface area contributed by atoms with E-state index < -0.39 is 0 Å². The third-order valence-corrected chi connectivity index (χ3v) is 5.05. The number of halogens is 1. The van der Waals surface area contributed by atoms with Crippen LogP contribution in [0.3, 0.4) is 0 Å². The summed E-state index contributed by atoms with van der Waals surface area (Å²) in [4.78, 5) is 14.7. The number of fused-ring (bicyclic) bond motifs is 1. The van der Waals surface area contributed by atoms with E-state index in [4.69, 9.17) is 0 Å². The van der Waals surface area contributed by atoms with Gasteiger partial charge in [0.1, 0.15) is 5.82 Å². The number of hydrogen-bond donors (Lipinski definition) is 0. The summed E-state index contributed by atoms with van der Waals surface area (Å²) in [6.45, 7) is 1.20. The first-order valence-electron chi connectivity index (χ1n) is 8.86. The molecule has 3 aromatic carbocycles. The predicted molar refractivity (Wildman–Crippen MR) is 100 cm³/mol. The normalized spacial score (nSPS) is 16.2. The number of nitrogens with zero attached hydrogens (tertiary/aromatic N) is 1. The second kappa shape index (κ2) is 7.12. The molecule has 4 rings (SSSR count). The van der Waals surface area contributed by atoms with Gasteiger partial charge in [-0.2, -0.15) is 0 Å². The lowest BCUT2D eigenvalue weighted by Gasteiger charge is -2.35. The highest BCUT2D eigenvalue weighted by molar-refractivity contribution is 5.79. The Morgan fingerprint density at radius 2 is 1.62 bits per heavy atom. The molecule has 0 N–H and O–H groups in total. The largest absolute Gasteiger partial charge is 0.337 e. The fourth-order valence-corrected chi connectivity index (χ4v) is 3.68. The zero-order valence-corrected chi connectivity index (χ0v) is 14.4.